The van der Waals surface area contributed by atoms with Crippen molar-refractivity contribution in [2.45, 2.75) is 45.6 Å². The second kappa shape index (κ2) is 11.6. The van der Waals surface area contributed by atoms with E-state index < -0.39 is 6.04 Å². The highest BCUT2D eigenvalue weighted by molar-refractivity contribution is 5.94. The number of hydrogen-bond acceptors (Lipinski definition) is 3. The van der Waals surface area contributed by atoms with E-state index in [9.17, 15) is 9.59 Å². The van der Waals surface area contributed by atoms with E-state index in [-0.39, 0.29) is 17.9 Å². The summed E-state index contributed by atoms with van der Waals surface area (Å²) >= 11 is 0. The molecule has 1 aliphatic rings. The molecule has 3 rings (SSSR count). The standard InChI is InChI=1S/C26H35N3O3/c1-4-19(2)24(28-26(31)27-22-11-8-12-23(18-22)32-3)25(30)29-15-13-21(14-16-29)17-20-9-6-5-7-10-20/h5-12,18-19,21,24H,4,13-17H2,1-3H3,(H2,27,28,31). The number of likely N-dealkylation sites (tertiary alicyclic amines) is 1. The number of amides is 3. The van der Waals surface area contributed by atoms with Crippen molar-refractivity contribution in [1.82, 2.24) is 10.2 Å². The van der Waals surface area contributed by atoms with Gasteiger partial charge in [-0.25, -0.2) is 4.79 Å². The average molecular weight is 438 g/mol. The third kappa shape index (κ3) is 6.49. The maximum absolute atomic E-state index is 13.3. The highest BCUT2D eigenvalue weighted by atomic mass is 16.5. The molecule has 0 aromatic heterocycles. The SMILES string of the molecule is CCC(C)C(NC(=O)Nc1cccc(OC)c1)C(=O)N1CCC(Cc2ccccc2)CC1. The van der Waals surface area contributed by atoms with Crippen LogP contribution in [0.1, 0.15) is 38.7 Å². The van der Waals surface area contributed by atoms with Gasteiger partial charge in [-0.15, -0.1) is 0 Å². The number of methoxy groups -OCH3 is 1. The van der Waals surface area contributed by atoms with Gasteiger partial charge in [0, 0.05) is 24.8 Å². The van der Waals surface area contributed by atoms with E-state index >= 15 is 0 Å². The first-order valence-electron chi connectivity index (χ1n) is 11.5. The highest BCUT2D eigenvalue weighted by Gasteiger charge is 2.32. The summed E-state index contributed by atoms with van der Waals surface area (Å²) < 4.78 is 5.20. The Labute approximate surface area is 191 Å². The molecule has 2 atom stereocenters. The minimum absolute atomic E-state index is 0.0123. The van der Waals surface area contributed by atoms with Gasteiger partial charge in [-0.1, -0.05) is 56.7 Å². The van der Waals surface area contributed by atoms with Crippen LogP contribution in [0.2, 0.25) is 0 Å². The maximum Gasteiger partial charge on any atom is 0.319 e. The fourth-order valence-electron chi connectivity index (χ4n) is 4.19. The van der Waals surface area contributed by atoms with Crippen LogP contribution in [0.4, 0.5) is 10.5 Å². The number of urea groups is 1. The zero-order chi connectivity index (χ0) is 22.9. The number of nitrogens with one attached hydrogen (secondary N) is 2. The lowest BCUT2D eigenvalue weighted by atomic mass is 9.89. The first kappa shape index (κ1) is 23.6. The number of ether oxygens (including phenoxy) is 1. The van der Waals surface area contributed by atoms with E-state index in [4.69, 9.17) is 4.74 Å². The van der Waals surface area contributed by atoms with E-state index in [1.54, 1.807) is 19.2 Å². The van der Waals surface area contributed by atoms with E-state index in [2.05, 4.69) is 34.9 Å². The summed E-state index contributed by atoms with van der Waals surface area (Å²) in [6.45, 7) is 5.53. The summed E-state index contributed by atoms with van der Waals surface area (Å²) in [7, 11) is 1.58. The van der Waals surface area contributed by atoms with Crippen molar-refractivity contribution in [3.8, 4) is 5.75 Å². The summed E-state index contributed by atoms with van der Waals surface area (Å²) in [5.41, 5.74) is 1.98. The molecule has 0 aliphatic carbocycles. The Bertz CT molecular complexity index is 879. The second-order valence-corrected chi connectivity index (χ2v) is 8.65. The molecule has 2 N–H and O–H groups in total. The van der Waals surface area contributed by atoms with Gasteiger partial charge in [-0.2, -0.15) is 0 Å². The molecule has 3 amide bonds. The molecule has 0 radical (unpaired) electrons. The van der Waals surface area contributed by atoms with Crippen molar-refractivity contribution in [2.24, 2.45) is 11.8 Å². The number of hydrogen-bond donors (Lipinski definition) is 2. The van der Waals surface area contributed by atoms with Crippen LogP contribution in [0, 0.1) is 11.8 Å². The molecule has 1 aliphatic heterocycles. The van der Waals surface area contributed by atoms with Crippen molar-refractivity contribution in [2.75, 3.05) is 25.5 Å². The van der Waals surface area contributed by atoms with Crippen molar-refractivity contribution in [3.63, 3.8) is 0 Å². The largest absolute Gasteiger partial charge is 0.497 e. The van der Waals surface area contributed by atoms with Gasteiger partial charge in [0.05, 0.1) is 7.11 Å². The van der Waals surface area contributed by atoms with Crippen LogP contribution in [0.3, 0.4) is 0 Å². The number of carbonyl (C=O) groups excluding carboxylic acids is 2. The predicted molar refractivity (Wildman–Crippen MR) is 128 cm³/mol. The van der Waals surface area contributed by atoms with Crippen LogP contribution >= 0.6 is 0 Å². The van der Waals surface area contributed by atoms with Crippen molar-refractivity contribution in [1.29, 1.82) is 0 Å². The molecular weight excluding hydrogens is 402 g/mol. The third-order valence-corrected chi connectivity index (χ3v) is 6.39. The topological polar surface area (TPSA) is 70.7 Å². The van der Waals surface area contributed by atoms with Gasteiger partial charge in [-0.3, -0.25) is 4.79 Å². The maximum atomic E-state index is 13.3. The van der Waals surface area contributed by atoms with Gasteiger partial charge >= 0.3 is 6.03 Å². The summed E-state index contributed by atoms with van der Waals surface area (Å²) in [4.78, 5) is 27.9. The lowest BCUT2D eigenvalue weighted by Gasteiger charge is -2.36. The number of piperidine rings is 1. The molecule has 2 unspecified atom stereocenters. The van der Waals surface area contributed by atoms with Gasteiger partial charge in [0.2, 0.25) is 5.91 Å². The second-order valence-electron chi connectivity index (χ2n) is 8.65. The summed E-state index contributed by atoms with van der Waals surface area (Å²) in [6.07, 6.45) is 3.84. The summed E-state index contributed by atoms with van der Waals surface area (Å²) in [6, 6.07) is 16.8. The van der Waals surface area contributed by atoms with Crippen LogP contribution in [0.25, 0.3) is 0 Å². The van der Waals surface area contributed by atoms with E-state index in [1.165, 1.54) is 5.56 Å². The number of anilines is 1. The van der Waals surface area contributed by atoms with E-state index in [1.807, 2.05) is 36.9 Å². The Kier molecular flexibility index (Phi) is 8.54. The Balaban J connectivity index is 1.56. The third-order valence-electron chi connectivity index (χ3n) is 6.39. The zero-order valence-corrected chi connectivity index (χ0v) is 19.3. The molecule has 2 aromatic carbocycles. The molecule has 32 heavy (non-hydrogen) atoms. The predicted octanol–water partition coefficient (Wildman–Crippen LogP) is 4.71. The van der Waals surface area contributed by atoms with Crippen LogP contribution < -0.4 is 15.4 Å². The van der Waals surface area contributed by atoms with E-state index in [0.29, 0.717) is 17.4 Å². The first-order chi connectivity index (χ1) is 15.5. The molecule has 2 aromatic rings. The Morgan fingerprint density at radius 2 is 1.81 bits per heavy atom. The number of benzene rings is 2. The Hall–Kier alpha value is -3.02. The molecule has 0 spiro atoms. The molecule has 0 bridgehead atoms. The average Bonchev–Trinajstić information content (AvgIpc) is 2.83. The van der Waals surface area contributed by atoms with Crippen LogP contribution in [0.5, 0.6) is 5.75 Å². The summed E-state index contributed by atoms with van der Waals surface area (Å²) in [5, 5.41) is 5.74. The first-order valence-corrected chi connectivity index (χ1v) is 11.5. The lowest BCUT2D eigenvalue weighted by Crippen LogP contribution is -2.54. The van der Waals surface area contributed by atoms with Gasteiger partial charge in [-0.05, 0) is 48.8 Å². The minimum atomic E-state index is -0.545. The van der Waals surface area contributed by atoms with Crippen molar-refractivity contribution >= 4 is 17.6 Å². The summed E-state index contributed by atoms with van der Waals surface area (Å²) in [5.74, 6) is 1.31. The van der Waals surface area contributed by atoms with Gasteiger partial charge < -0.3 is 20.3 Å². The van der Waals surface area contributed by atoms with Crippen molar-refractivity contribution in [3.05, 3.63) is 60.2 Å². The molecule has 6 nitrogen and oxygen atoms in total. The van der Waals surface area contributed by atoms with Gasteiger partial charge in [0.25, 0.3) is 0 Å². The lowest BCUT2D eigenvalue weighted by molar-refractivity contribution is -0.135. The van der Waals surface area contributed by atoms with Crippen LogP contribution in [-0.2, 0) is 11.2 Å². The van der Waals surface area contributed by atoms with E-state index in [0.717, 1.165) is 38.8 Å². The number of nitrogens with zero attached hydrogens (tertiary/aromatic N) is 1. The Morgan fingerprint density at radius 3 is 2.47 bits per heavy atom. The highest BCUT2D eigenvalue weighted by Crippen LogP contribution is 2.23. The molecule has 172 valence electrons. The minimum Gasteiger partial charge on any atom is -0.497 e. The Morgan fingerprint density at radius 1 is 1.09 bits per heavy atom. The van der Waals surface area contributed by atoms with Crippen LogP contribution in [-0.4, -0.2) is 43.1 Å². The van der Waals surface area contributed by atoms with Gasteiger partial charge in [0.15, 0.2) is 0 Å². The smallest absolute Gasteiger partial charge is 0.319 e. The molecule has 1 saturated heterocycles. The molecule has 1 fully saturated rings. The number of rotatable bonds is 8. The quantitative estimate of drug-likeness (QED) is 0.628. The van der Waals surface area contributed by atoms with Crippen LogP contribution in [0.15, 0.2) is 54.6 Å². The molecule has 1 heterocycles. The number of carbonyl (C=O) groups is 2. The monoisotopic (exact) mass is 437 g/mol. The fourth-order valence-corrected chi connectivity index (χ4v) is 4.19. The fraction of sp³-hybridized carbons (Fsp3) is 0.462. The van der Waals surface area contributed by atoms with Gasteiger partial charge in [0.1, 0.15) is 11.8 Å². The molecule has 0 saturated carbocycles. The molecule has 6 heteroatoms. The molecular formula is C26H35N3O3. The normalized spacial score (nSPS) is 16.2. The zero-order valence-electron chi connectivity index (χ0n) is 19.3. The van der Waals surface area contributed by atoms with Crippen molar-refractivity contribution < 1.29 is 14.3 Å².